The third-order valence-electron chi connectivity index (χ3n) is 5.27. The number of carbonyl (C=O) groups excluding carboxylic acids is 1. The van der Waals surface area contributed by atoms with Crippen LogP contribution >= 0.6 is 0 Å². The molecule has 1 aliphatic rings. The Balaban J connectivity index is 1.73. The number of alkyl halides is 3. The van der Waals surface area contributed by atoms with Crippen LogP contribution in [0, 0.1) is 17.5 Å². The molecule has 1 amide bonds. The van der Waals surface area contributed by atoms with Gasteiger partial charge in [0.15, 0.2) is 0 Å². The number of ether oxygens (including phenoxy) is 1. The third-order valence-corrected chi connectivity index (χ3v) is 5.27. The number of rotatable bonds is 4. The van der Waals surface area contributed by atoms with E-state index in [4.69, 9.17) is 4.74 Å². The number of benzene rings is 1. The predicted octanol–water partition coefficient (Wildman–Crippen LogP) is 5.89. The highest BCUT2D eigenvalue weighted by Gasteiger charge is 2.59. The molecule has 1 N–H and O–H groups in total. The summed E-state index contributed by atoms with van der Waals surface area (Å²) in [5, 5.41) is 2.27. The zero-order chi connectivity index (χ0) is 24.5. The van der Waals surface area contributed by atoms with Gasteiger partial charge in [-0.25, -0.2) is 18.2 Å². The Hall–Kier alpha value is -3.89. The van der Waals surface area contributed by atoms with Gasteiger partial charge in [-0.3, -0.25) is 9.78 Å². The molecule has 0 fully saturated rings. The number of anilines is 1. The molecule has 34 heavy (non-hydrogen) atoms. The summed E-state index contributed by atoms with van der Waals surface area (Å²) >= 11 is 0. The van der Waals surface area contributed by atoms with Gasteiger partial charge in [-0.05, 0) is 42.8 Å². The predicted molar refractivity (Wildman–Crippen MR) is 109 cm³/mol. The van der Waals surface area contributed by atoms with Crippen molar-refractivity contribution in [2.45, 2.75) is 24.6 Å². The van der Waals surface area contributed by atoms with Crippen LogP contribution in [0.2, 0.25) is 0 Å². The Kier molecular flexibility index (Phi) is 6.03. The van der Waals surface area contributed by atoms with Crippen molar-refractivity contribution in [1.82, 2.24) is 9.97 Å². The summed E-state index contributed by atoms with van der Waals surface area (Å²) < 4.78 is 89.8. The fraction of sp³-hybridized carbons (Fsp3) is 0.174. The number of amides is 1. The summed E-state index contributed by atoms with van der Waals surface area (Å²) in [6, 6.07) is 5.64. The maximum absolute atomic E-state index is 14.3. The molecule has 0 bridgehead atoms. The van der Waals surface area contributed by atoms with E-state index < -0.39 is 64.1 Å². The summed E-state index contributed by atoms with van der Waals surface area (Å²) in [4.78, 5) is 20.3. The van der Waals surface area contributed by atoms with Crippen molar-refractivity contribution in [3.8, 4) is 11.3 Å². The van der Waals surface area contributed by atoms with Crippen molar-refractivity contribution in [3.05, 3.63) is 89.8 Å². The summed E-state index contributed by atoms with van der Waals surface area (Å²) in [7, 11) is 0. The maximum Gasteiger partial charge on any atom is 0.432 e. The Morgan fingerprint density at radius 3 is 2.41 bits per heavy atom. The minimum absolute atomic E-state index is 0.0757. The lowest BCUT2D eigenvalue weighted by atomic mass is 9.86. The van der Waals surface area contributed by atoms with Gasteiger partial charge in [0.05, 0.1) is 23.7 Å². The highest BCUT2D eigenvalue weighted by Crippen LogP contribution is 2.49. The minimum Gasteiger partial charge on any atom is -0.481 e. The number of aromatic nitrogens is 2. The summed E-state index contributed by atoms with van der Waals surface area (Å²) in [6.07, 6.45) is -0.687. The van der Waals surface area contributed by atoms with Gasteiger partial charge >= 0.3 is 6.18 Å². The topological polar surface area (TPSA) is 64.1 Å². The van der Waals surface area contributed by atoms with Gasteiger partial charge in [0.1, 0.15) is 28.8 Å². The molecule has 1 aromatic carbocycles. The van der Waals surface area contributed by atoms with E-state index in [1.165, 1.54) is 6.08 Å². The monoisotopic (exact) mass is 479 g/mol. The largest absolute Gasteiger partial charge is 0.481 e. The number of nitrogens with one attached hydrogen (secondary N) is 1. The number of hydrogen-bond donors (Lipinski definition) is 1. The molecule has 1 aliphatic heterocycles. The molecule has 3 heterocycles. The van der Waals surface area contributed by atoms with E-state index >= 15 is 0 Å². The van der Waals surface area contributed by atoms with Gasteiger partial charge in [-0.15, -0.1) is 0 Å². The highest BCUT2D eigenvalue weighted by molar-refractivity contribution is 6.03. The Morgan fingerprint density at radius 1 is 1.03 bits per heavy atom. The first-order valence-electron chi connectivity index (χ1n) is 9.90. The first-order valence-corrected chi connectivity index (χ1v) is 9.90. The fourth-order valence-corrected chi connectivity index (χ4v) is 3.64. The number of halogens is 6. The molecule has 3 aromatic rings. The Morgan fingerprint density at radius 2 is 1.76 bits per heavy atom. The number of pyridine rings is 2. The molecule has 4 rings (SSSR count). The van der Waals surface area contributed by atoms with Crippen molar-refractivity contribution >= 4 is 11.6 Å². The van der Waals surface area contributed by atoms with E-state index in [-0.39, 0.29) is 12.1 Å². The minimum atomic E-state index is -4.83. The number of hydrogen-bond acceptors (Lipinski definition) is 4. The molecular formula is C23H15F6N3O2. The van der Waals surface area contributed by atoms with Crippen LogP contribution in [0.5, 0.6) is 0 Å². The third kappa shape index (κ3) is 4.09. The van der Waals surface area contributed by atoms with E-state index in [1.807, 2.05) is 0 Å². The smallest absolute Gasteiger partial charge is 0.432 e. The van der Waals surface area contributed by atoms with Gasteiger partial charge < -0.3 is 10.1 Å². The van der Waals surface area contributed by atoms with Crippen molar-refractivity contribution in [1.29, 1.82) is 0 Å². The van der Waals surface area contributed by atoms with Crippen LogP contribution in [-0.4, -0.2) is 22.1 Å². The Labute approximate surface area is 189 Å². The van der Waals surface area contributed by atoms with Gasteiger partial charge in [-0.1, -0.05) is 6.07 Å². The lowest BCUT2D eigenvalue weighted by molar-refractivity contribution is -0.273. The molecular weight excluding hydrogens is 464 g/mol. The molecule has 0 saturated heterocycles. The molecule has 11 heteroatoms. The summed E-state index contributed by atoms with van der Waals surface area (Å²) in [6.45, 7) is 0. The van der Waals surface area contributed by atoms with Crippen LogP contribution in [0.15, 0.2) is 61.1 Å². The van der Waals surface area contributed by atoms with Crippen LogP contribution in [0.25, 0.3) is 11.3 Å². The first kappa shape index (κ1) is 23.3. The van der Waals surface area contributed by atoms with E-state index in [0.717, 1.165) is 55.1 Å². The summed E-state index contributed by atoms with van der Waals surface area (Å²) in [5.41, 5.74) is -5.47. The van der Waals surface area contributed by atoms with Gasteiger partial charge in [0.25, 0.3) is 5.91 Å². The SMILES string of the molecule is O=C(Nc1cnccc1[C@]1(C(F)(F)F)CCC=CO1)c1ccc(F)c(-c2c(F)cccc2F)n1. The standard InChI is InChI=1S/C23H15F6N3O2/c24-14-4-3-5-15(25)19(14)20-16(26)6-7-17(31-20)21(33)32-18-12-30-10-8-13(18)22(23(27,28)29)9-1-2-11-34-22/h2-8,10-12H,1,9H2,(H,32,33)/t22-/m0/s1. The van der Waals surface area contributed by atoms with Crippen molar-refractivity contribution in [2.75, 3.05) is 5.32 Å². The fourth-order valence-electron chi connectivity index (χ4n) is 3.64. The van der Waals surface area contributed by atoms with Crippen LogP contribution in [0.3, 0.4) is 0 Å². The molecule has 0 radical (unpaired) electrons. The van der Waals surface area contributed by atoms with E-state index in [0.29, 0.717) is 0 Å². The number of carbonyl (C=O) groups is 1. The molecule has 0 spiro atoms. The molecule has 1 atom stereocenters. The van der Waals surface area contributed by atoms with Gasteiger partial charge in [0.2, 0.25) is 5.60 Å². The van der Waals surface area contributed by atoms with Crippen LogP contribution in [0.4, 0.5) is 32.0 Å². The van der Waals surface area contributed by atoms with Crippen LogP contribution in [0.1, 0.15) is 28.9 Å². The lowest BCUT2D eigenvalue weighted by Gasteiger charge is -2.38. The highest BCUT2D eigenvalue weighted by atomic mass is 19.4. The normalized spacial score (nSPS) is 17.8. The molecule has 2 aromatic heterocycles. The quantitative estimate of drug-likeness (QED) is 0.474. The van der Waals surface area contributed by atoms with E-state index in [2.05, 4.69) is 15.3 Å². The van der Waals surface area contributed by atoms with Crippen molar-refractivity contribution in [3.63, 3.8) is 0 Å². The molecule has 0 saturated carbocycles. The second-order valence-electron chi connectivity index (χ2n) is 7.35. The van der Waals surface area contributed by atoms with Crippen molar-refractivity contribution in [2.24, 2.45) is 0 Å². The lowest BCUT2D eigenvalue weighted by Crippen LogP contribution is -2.45. The summed E-state index contributed by atoms with van der Waals surface area (Å²) in [5.74, 6) is -4.35. The molecule has 5 nitrogen and oxygen atoms in total. The van der Waals surface area contributed by atoms with Crippen molar-refractivity contribution < 1.29 is 35.9 Å². The molecule has 0 unspecified atom stereocenters. The number of allylic oxidation sites excluding steroid dienone is 1. The molecule has 0 aliphatic carbocycles. The first-order chi connectivity index (χ1) is 16.1. The second-order valence-corrected chi connectivity index (χ2v) is 7.35. The number of nitrogens with zero attached hydrogens (tertiary/aromatic N) is 2. The zero-order valence-corrected chi connectivity index (χ0v) is 17.2. The van der Waals surface area contributed by atoms with Gasteiger partial charge in [-0.2, -0.15) is 13.2 Å². The molecule has 176 valence electrons. The van der Waals surface area contributed by atoms with Crippen LogP contribution < -0.4 is 5.32 Å². The average Bonchev–Trinajstić information content (AvgIpc) is 2.80. The Bertz CT molecular complexity index is 1260. The van der Waals surface area contributed by atoms with E-state index in [1.54, 1.807) is 0 Å². The van der Waals surface area contributed by atoms with E-state index in [9.17, 15) is 31.1 Å². The van der Waals surface area contributed by atoms with Gasteiger partial charge in [0, 0.05) is 18.2 Å². The average molecular weight is 479 g/mol. The van der Waals surface area contributed by atoms with Crippen LogP contribution in [-0.2, 0) is 10.3 Å². The zero-order valence-electron chi connectivity index (χ0n) is 17.2. The second kappa shape index (κ2) is 8.81. The maximum atomic E-state index is 14.3.